The average Bonchev–Trinajstić information content (AvgIpc) is 2.83. The van der Waals surface area contributed by atoms with Crippen LogP contribution < -0.4 is 10.2 Å². The van der Waals surface area contributed by atoms with Crippen molar-refractivity contribution in [2.45, 2.75) is 25.3 Å². The molecular formula is C17H23N3O3. The number of benzene rings is 1. The zero-order valence-corrected chi connectivity index (χ0v) is 13.5. The van der Waals surface area contributed by atoms with Crippen molar-refractivity contribution in [1.82, 2.24) is 10.2 Å². The number of para-hydroxylation sites is 1. The first-order valence-corrected chi connectivity index (χ1v) is 8.16. The summed E-state index contributed by atoms with van der Waals surface area (Å²) in [6, 6.07) is 9.95. The van der Waals surface area contributed by atoms with Gasteiger partial charge >= 0.3 is 5.97 Å². The Balaban J connectivity index is 1.87. The Morgan fingerprint density at radius 3 is 2.61 bits per heavy atom. The molecule has 2 aliphatic heterocycles. The Morgan fingerprint density at radius 1 is 1.26 bits per heavy atom. The van der Waals surface area contributed by atoms with Gasteiger partial charge in [-0.1, -0.05) is 18.2 Å². The lowest BCUT2D eigenvalue weighted by Gasteiger charge is -2.40. The number of rotatable bonds is 4. The highest BCUT2D eigenvalue weighted by atomic mass is 16.5. The number of ether oxygens (including phenoxy) is 1. The van der Waals surface area contributed by atoms with Crippen LogP contribution in [-0.2, 0) is 14.3 Å². The summed E-state index contributed by atoms with van der Waals surface area (Å²) < 4.78 is 5.01. The van der Waals surface area contributed by atoms with Gasteiger partial charge in [0.05, 0.1) is 13.3 Å². The highest BCUT2D eigenvalue weighted by molar-refractivity contribution is 5.95. The van der Waals surface area contributed by atoms with Gasteiger partial charge in [0.1, 0.15) is 12.1 Å². The summed E-state index contributed by atoms with van der Waals surface area (Å²) in [5.74, 6) is -0.309. The van der Waals surface area contributed by atoms with Crippen LogP contribution in [0.1, 0.15) is 19.8 Å². The molecule has 3 rings (SSSR count). The highest BCUT2D eigenvalue weighted by Crippen LogP contribution is 2.37. The Kier molecular flexibility index (Phi) is 4.52. The van der Waals surface area contributed by atoms with E-state index < -0.39 is 5.54 Å². The monoisotopic (exact) mass is 317 g/mol. The Morgan fingerprint density at radius 2 is 1.96 bits per heavy atom. The molecule has 0 radical (unpaired) electrons. The number of anilines is 1. The number of hydrogen-bond donors (Lipinski definition) is 1. The van der Waals surface area contributed by atoms with E-state index in [-0.39, 0.29) is 18.4 Å². The molecular weight excluding hydrogens is 294 g/mol. The first kappa shape index (κ1) is 15.8. The molecule has 2 aliphatic rings. The molecule has 0 saturated carbocycles. The Hall–Kier alpha value is -2.08. The van der Waals surface area contributed by atoms with E-state index in [1.54, 1.807) is 11.8 Å². The van der Waals surface area contributed by atoms with Crippen molar-refractivity contribution in [3.8, 4) is 0 Å². The van der Waals surface area contributed by atoms with Crippen molar-refractivity contribution in [3.05, 3.63) is 30.3 Å². The van der Waals surface area contributed by atoms with E-state index in [1.165, 1.54) is 0 Å². The average molecular weight is 317 g/mol. The third kappa shape index (κ3) is 2.91. The minimum absolute atomic E-state index is 0.0190. The minimum Gasteiger partial charge on any atom is -0.465 e. The lowest BCUT2D eigenvalue weighted by atomic mass is 9.86. The maximum Gasteiger partial charge on any atom is 0.325 e. The van der Waals surface area contributed by atoms with Gasteiger partial charge in [-0.3, -0.25) is 9.59 Å². The fraction of sp³-hybridized carbons (Fsp3) is 0.529. The number of piperidine rings is 1. The van der Waals surface area contributed by atoms with Gasteiger partial charge in [0.25, 0.3) is 5.91 Å². The van der Waals surface area contributed by atoms with Gasteiger partial charge in [-0.25, -0.2) is 0 Å². The van der Waals surface area contributed by atoms with E-state index in [1.807, 2.05) is 30.3 Å². The second-order valence-electron chi connectivity index (χ2n) is 5.99. The molecule has 6 heteroatoms. The van der Waals surface area contributed by atoms with Crippen molar-refractivity contribution in [3.63, 3.8) is 0 Å². The van der Waals surface area contributed by atoms with Gasteiger partial charge in [0.15, 0.2) is 0 Å². The second-order valence-corrected chi connectivity index (χ2v) is 5.99. The number of carbonyl (C=O) groups is 2. The topological polar surface area (TPSA) is 61.9 Å². The quantitative estimate of drug-likeness (QED) is 0.839. The first-order chi connectivity index (χ1) is 11.2. The molecule has 0 atom stereocenters. The van der Waals surface area contributed by atoms with Crippen LogP contribution in [0.2, 0.25) is 0 Å². The summed E-state index contributed by atoms with van der Waals surface area (Å²) in [6.07, 6.45) is 1.50. The van der Waals surface area contributed by atoms with Crippen molar-refractivity contribution in [2.24, 2.45) is 0 Å². The molecule has 1 spiro atoms. The minimum atomic E-state index is -0.543. The smallest absolute Gasteiger partial charge is 0.325 e. The zero-order chi connectivity index (χ0) is 16.3. The molecule has 1 N–H and O–H groups in total. The molecule has 0 aromatic heterocycles. The standard InChI is InChI=1S/C17H23N3O3/c1-2-23-15(21)12-19-13-20(14-6-4-3-5-7-14)17(16(19)22)8-10-18-11-9-17/h3-7,18H,2,8-13H2,1H3. The Labute approximate surface area is 136 Å². The van der Waals surface area contributed by atoms with Gasteiger partial charge in [-0.05, 0) is 45.0 Å². The van der Waals surface area contributed by atoms with Crippen molar-refractivity contribution >= 4 is 17.6 Å². The van der Waals surface area contributed by atoms with Gasteiger partial charge in [0.2, 0.25) is 0 Å². The van der Waals surface area contributed by atoms with Crippen LogP contribution in [0.3, 0.4) is 0 Å². The molecule has 1 aromatic carbocycles. The van der Waals surface area contributed by atoms with Gasteiger partial charge in [-0.2, -0.15) is 0 Å². The van der Waals surface area contributed by atoms with Crippen molar-refractivity contribution in [2.75, 3.05) is 37.8 Å². The summed E-state index contributed by atoms with van der Waals surface area (Å²) in [5.41, 5.74) is 0.480. The van der Waals surface area contributed by atoms with Gasteiger partial charge < -0.3 is 19.9 Å². The predicted octanol–water partition coefficient (Wildman–Crippen LogP) is 0.978. The molecule has 2 heterocycles. The van der Waals surface area contributed by atoms with E-state index in [2.05, 4.69) is 10.2 Å². The lowest BCUT2D eigenvalue weighted by Crippen LogP contribution is -2.55. The molecule has 23 heavy (non-hydrogen) atoms. The number of amides is 1. The molecule has 1 aromatic rings. The highest BCUT2D eigenvalue weighted by Gasteiger charge is 2.53. The van der Waals surface area contributed by atoms with Crippen LogP contribution in [0.25, 0.3) is 0 Å². The van der Waals surface area contributed by atoms with Crippen LogP contribution in [0.15, 0.2) is 30.3 Å². The van der Waals surface area contributed by atoms with Gasteiger partial charge in [-0.15, -0.1) is 0 Å². The number of nitrogens with zero attached hydrogens (tertiary/aromatic N) is 2. The summed E-state index contributed by atoms with van der Waals surface area (Å²) in [6.45, 7) is 4.17. The third-order valence-electron chi connectivity index (χ3n) is 4.64. The molecule has 2 fully saturated rings. The lowest BCUT2D eigenvalue weighted by molar-refractivity contribution is -0.148. The van der Waals surface area contributed by atoms with Crippen LogP contribution in [0.4, 0.5) is 5.69 Å². The summed E-state index contributed by atoms with van der Waals surface area (Å²) in [5, 5.41) is 3.32. The van der Waals surface area contributed by atoms with Crippen molar-refractivity contribution in [1.29, 1.82) is 0 Å². The Bertz CT molecular complexity index is 570. The maximum atomic E-state index is 13.1. The number of esters is 1. The fourth-order valence-corrected chi connectivity index (χ4v) is 3.53. The molecule has 1 amide bonds. The molecule has 0 aliphatic carbocycles. The van der Waals surface area contributed by atoms with Crippen LogP contribution in [-0.4, -0.2) is 55.2 Å². The number of carbonyl (C=O) groups excluding carboxylic acids is 2. The molecule has 0 bridgehead atoms. The van der Waals surface area contributed by atoms with Crippen LogP contribution in [0.5, 0.6) is 0 Å². The fourth-order valence-electron chi connectivity index (χ4n) is 3.53. The first-order valence-electron chi connectivity index (χ1n) is 8.16. The predicted molar refractivity (Wildman–Crippen MR) is 87.0 cm³/mol. The summed E-state index contributed by atoms with van der Waals surface area (Å²) >= 11 is 0. The number of hydrogen-bond acceptors (Lipinski definition) is 5. The second kappa shape index (κ2) is 6.58. The third-order valence-corrected chi connectivity index (χ3v) is 4.64. The number of nitrogens with one attached hydrogen (secondary N) is 1. The van der Waals surface area contributed by atoms with E-state index >= 15 is 0 Å². The van der Waals surface area contributed by atoms with Crippen LogP contribution in [0, 0.1) is 0 Å². The maximum absolute atomic E-state index is 13.1. The summed E-state index contributed by atoms with van der Waals surface area (Å²) in [4.78, 5) is 28.6. The van der Waals surface area contributed by atoms with Crippen molar-refractivity contribution < 1.29 is 14.3 Å². The van der Waals surface area contributed by atoms with E-state index in [0.717, 1.165) is 31.6 Å². The normalized spacial score (nSPS) is 20.1. The van der Waals surface area contributed by atoms with Gasteiger partial charge in [0, 0.05) is 5.69 Å². The molecule has 0 unspecified atom stereocenters. The van der Waals surface area contributed by atoms with Crippen LogP contribution >= 0.6 is 0 Å². The largest absolute Gasteiger partial charge is 0.465 e. The SMILES string of the molecule is CCOC(=O)CN1CN(c2ccccc2)C2(CCNCC2)C1=O. The van der Waals surface area contributed by atoms with E-state index in [0.29, 0.717) is 13.3 Å². The zero-order valence-electron chi connectivity index (χ0n) is 13.5. The van der Waals surface area contributed by atoms with E-state index in [4.69, 9.17) is 4.74 Å². The molecule has 2 saturated heterocycles. The van der Waals surface area contributed by atoms with E-state index in [9.17, 15) is 9.59 Å². The summed E-state index contributed by atoms with van der Waals surface area (Å²) in [7, 11) is 0. The molecule has 6 nitrogen and oxygen atoms in total. The molecule has 124 valence electrons.